The van der Waals surface area contributed by atoms with Crippen LogP contribution in [-0.2, 0) is 16.6 Å². The lowest BCUT2D eigenvalue weighted by molar-refractivity contribution is -0.140. The smallest absolute Gasteiger partial charge is 0.314 e. The molecule has 1 aliphatic carbocycles. The lowest BCUT2D eigenvalue weighted by atomic mass is 9.94. The lowest BCUT2D eigenvalue weighted by Crippen LogP contribution is -2.42. The summed E-state index contributed by atoms with van der Waals surface area (Å²) >= 11 is 0. The van der Waals surface area contributed by atoms with Gasteiger partial charge < -0.3 is 15.7 Å². The Bertz CT molecular complexity index is 995. The van der Waals surface area contributed by atoms with Crippen LogP contribution in [0.5, 0.6) is 0 Å². The van der Waals surface area contributed by atoms with E-state index in [-0.39, 0.29) is 12.1 Å². The molecular weight excluding hydrogens is 393 g/mol. The molecule has 2 atom stereocenters. The van der Waals surface area contributed by atoms with E-state index < -0.39 is 17.2 Å². The largest absolute Gasteiger partial charge is 0.481 e. The fourth-order valence-electron chi connectivity index (χ4n) is 4.15. The van der Waals surface area contributed by atoms with Crippen LogP contribution in [0.1, 0.15) is 55.4 Å². The van der Waals surface area contributed by atoms with Crippen LogP contribution in [0.2, 0.25) is 0 Å². The molecule has 0 aromatic heterocycles. The second kappa shape index (κ2) is 9.49. The van der Waals surface area contributed by atoms with Crippen molar-refractivity contribution in [3.05, 3.63) is 64.5 Å². The van der Waals surface area contributed by atoms with Crippen molar-refractivity contribution in [3.63, 3.8) is 0 Å². The summed E-state index contributed by atoms with van der Waals surface area (Å²) in [5, 5.41) is 25.8. The fraction of sp³-hybridized carbons (Fsp3) is 0.440. The first-order valence-corrected chi connectivity index (χ1v) is 10.8. The fourth-order valence-corrected chi connectivity index (χ4v) is 4.15. The van der Waals surface area contributed by atoms with Crippen LogP contribution in [0, 0.1) is 24.1 Å². The molecule has 0 heterocycles. The summed E-state index contributed by atoms with van der Waals surface area (Å²) in [5.41, 5.74) is 3.04. The van der Waals surface area contributed by atoms with Gasteiger partial charge in [-0.15, -0.1) is 0 Å². The Morgan fingerprint density at radius 1 is 1.32 bits per heavy atom. The molecule has 0 aliphatic heterocycles. The summed E-state index contributed by atoms with van der Waals surface area (Å²) in [6.07, 6.45) is 3.05. The number of carboxylic acids is 1. The summed E-state index contributed by atoms with van der Waals surface area (Å²) in [6, 6.07) is 12.9. The molecular formula is C25H30FN3O2. The van der Waals surface area contributed by atoms with E-state index in [0.717, 1.165) is 30.5 Å². The number of carboxylic acid groups (broad SMARTS) is 1. The van der Waals surface area contributed by atoms with Crippen molar-refractivity contribution in [2.75, 3.05) is 11.9 Å². The Morgan fingerprint density at radius 3 is 2.68 bits per heavy atom. The zero-order chi connectivity index (χ0) is 22.6. The molecule has 6 heteroatoms. The molecule has 0 unspecified atom stereocenters. The first kappa shape index (κ1) is 22.8. The first-order valence-electron chi connectivity index (χ1n) is 10.8. The van der Waals surface area contributed by atoms with E-state index in [1.165, 1.54) is 12.1 Å². The SMILES string of the molecule is CC[C@@H](Nc1c(C)cc(F)cc1C#N)[C@@H](C)NCCc1cccc(C2(C(=O)O)CC2)c1. The lowest BCUT2D eigenvalue weighted by Gasteiger charge is -2.27. The van der Waals surface area contributed by atoms with Crippen LogP contribution in [0.4, 0.5) is 10.1 Å². The number of rotatable bonds is 10. The number of nitriles is 1. The van der Waals surface area contributed by atoms with Gasteiger partial charge in [-0.3, -0.25) is 4.79 Å². The standard InChI is InChI=1S/C25H30FN3O2/c1-4-22(29-23-16(2)12-21(26)14-19(23)15-27)17(3)28-11-8-18-6-5-7-20(13-18)25(9-10-25)24(30)31/h5-7,12-14,17,22,28-29H,4,8-11H2,1-3H3,(H,30,31)/t17-,22-/m1/s1. The molecule has 5 nitrogen and oxygen atoms in total. The van der Waals surface area contributed by atoms with Gasteiger partial charge in [-0.25, -0.2) is 4.39 Å². The number of aliphatic carboxylic acids is 1. The number of aryl methyl sites for hydroxylation is 1. The van der Waals surface area contributed by atoms with Crippen LogP contribution in [0.15, 0.2) is 36.4 Å². The van der Waals surface area contributed by atoms with Crippen LogP contribution >= 0.6 is 0 Å². The molecule has 3 rings (SSSR count). The number of nitrogens with zero attached hydrogens (tertiary/aromatic N) is 1. The highest BCUT2D eigenvalue weighted by Gasteiger charge is 2.51. The highest BCUT2D eigenvalue weighted by molar-refractivity contribution is 5.84. The van der Waals surface area contributed by atoms with Crippen LogP contribution in [0.25, 0.3) is 0 Å². The van der Waals surface area contributed by atoms with Gasteiger partial charge in [0.1, 0.15) is 11.9 Å². The maximum Gasteiger partial charge on any atom is 0.314 e. The molecule has 31 heavy (non-hydrogen) atoms. The minimum absolute atomic E-state index is 0.0735. The topological polar surface area (TPSA) is 85.2 Å². The quantitative estimate of drug-likeness (QED) is 0.523. The normalized spacial score (nSPS) is 16.2. The maximum absolute atomic E-state index is 13.6. The minimum atomic E-state index is -0.735. The third kappa shape index (κ3) is 5.05. The molecule has 0 amide bonds. The van der Waals surface area contributed by atoms with Crippen LogP contribution in [-0.4, -0.2) is 29.7 Å². The highest BCUT2D eigenvalue weighted by atomic mass is 19.1. The number of carbonyl (C=O) groups is 1. The van der Waals surface area contributed by atoms with Crippen molar-refractivity contribution < 1.29 is 14.3 Å². The molecule has 1 fully saturated rings. The van der Waals surface area contributed by atoms with E-state index in [4.69, 9.17) is 0 Å². The van der Waals surface area contributed by atoms with E-state index in [9.17, 15) is 19.6 Å². The van der Waals surface area contributed by atoms with Crippen molar-refractivity contribution in [2.24, 2.45) is 0 Å². The summed E-state index contributed by atoms with van der Waals surface area (Å²) in [4.78, 5) is 11.6. The van der Waals surface area contributed by atoms with Crippen LogP contribution in [0.3, 0.4) is 0 Å². The van der Waals surface area contributed by atoms with Crippen molar-refractivity contribution in [1.29, 1.82) is 5.26 Å². The van der Waals surface area contributed by atoms with Gasteiger partial charge in [0.25, 0.3) is 0 Å². The molecule has 0 bridgehead atoms. The number of anilines is 1. The van der Waals surface area contributed by atoms with Gasteiger partial charge in [0.15, 0.2) is 0 Å². The van der Waals surface area contributed by atoms with Crippen molar-refractivity contribution in [3.8, 4) is 6.07 Å². The molecule has 2 aromatic carbocycles. The second-order valence-corrected chi connectivity index (χ2v) is 8.50. The summed E-state index contributed by atoms with van der Waals surface area (Å²) in [7, 11) is 0. The average molecular weight is 424 g/mol. The van der Waals surface area contributed by atoms with Gasteiger partial charge in [-0.2, -0.15) is 5.26 Å². The Labute approximate surface area is 183 Å². The first-order chi connectivity index (χ1) is 14.8. The molecule has 0 saturated heterocycles. The van der Waals surface area contributed by atoms with E-state index in [1.54, 1.807) is 6.92 Å². The van der Waals surface area contributed by atoms with Gasteiger partial charge in [0.05, 0.1) is 16.7 Å². The van der Waals surface area contributed by atoms with E-state index in [0.29, 0.717) is 29.7 Å². The van der Waals surface area contributed by atoms with E-state index in [1.807, 2.05) is 24.3 Å². The number of hydrogen-bond donors (Lipinski definition) is 3. The number of hydrogen-bond acceptors (Lipinski definition) is 4. The molecule has 0 radical (unpaired) electrons. The Kier molecular flexibility index (Phi) is 6.97. The van der Waals surface area contributed by atoms with Crippen LogP contribution < -0.4 is 10.6 Å². The molecule has 1 saturated carbocycles. The Balaban J connectivity index is 1.60. The second-order valence-electron chi connectivity index (χ2n) is 8.50. The van der Waals surface area contributed by atoms with Crippen molar-refractivity contribution in [1.82, 2.24) is 5.32 Å². The van der Waals surface area contributed by atoms with Gasteiger partial charge >= 0.3 is 5.97 Å². The summed E-state index contributed by atoms with van der Waals surface area (Å²) < 4.78 is 13.6. The third-order valence-electron chi connectivity index (χ3n) is 6.31. The number of benzene rings is 2. The summed E-state index contributed by atoms with van der Waals surface area (Å²) in [5.74, 6) is -1.14. The zero-order valence-corrected chi connectivity index (χ0v) is 18.3. The van der Waals surface area contributed by atoms with Gasteiger partial charge in [0, 0.05) is 12.1 Å². The minimum Gasteiger partial charge on any atom is -0.481 e. The Morgan fingerprint density at radius 2 is 2.06 bits per heavy atom. The molecule has 2 aromatic rings. The Hall–Kier alpha value is -2.91. The molecule has 1 aliphatic rings. The van der Waals surface area contributed by atoms with Crippen molar-refractivity contribution >= 4 is 11.7 Å². The number of nitrogens with one attached hydrogen (secondary N) is 2. The van der Waals surface area contributed by atoms with E-state index in [2.05, 4.69) is 30.6 Å². The molecule has 164 valence electrons. The zero-order valence-electron chi connectivity index (χ0n) is 18.3. The predicted octanol–water partition coefficient (Wildman–Crippen LogP) is 4.53. The predicted molar refractivity (Wildman–Crippen MR) is 120 cm³/mol. The molecule has 3 N–H and O–H groups in total. The van der Waals surface area contributed by atoms with Crippen molar-refractivity contribution in [2.45, 2.75) is 64.0 Å². The highest BCUT2D eigenvalue weighted by Crippen LogP contribution is 2.48. The van der Waals surface area contributed by atoms with Gasteiger partial charge in [-0.1, -0.05) is 31.2 Å². The summed E-state index contributed by atoms with van der Waals surface area (Å²) in [6.45, 7) is 6.71. The van der Waals surface area contributed by atoms with E-state index >= 15 is 0 Å². The maximum atomic E-state index is 13.6. The van der Waals surface area contributed by atoms with Gasteiger partial charge in [-0.05, 0) is 74.9 Å². The number of halogens is 1. The monoisotopic (exact) mass is 423 g/mol. The molecule has 0 spiro atoms. The van der Waals surface area contributed by atoms with Gasteiger partial charge in [0.2, 0.25) is 0 Å². The third-order valence-corrected chi connectivity index (χ3v) is 6.31. The average Bonchev–Trinajstić information content (AvgIpc) is 3.55.